The van der Waals surface area contributed by atoms with E-state index >= 15 is 0 Å². The number of anilines is 3. The largest absolute Gasteiger partial charge is 0.310 e. The number of fused-ring (bicyclic) bond motifs is 6. The zero-order chi connectivity index (χ0) is 42.4. The van der Waals surface area contributed by atoms with Gasteiger partial charge >= 0.3 is 0 Å². The number of rotatable bonds is 8. The maximum atomic E-state index is 2.41. The Bertz CT molecular complexity index is 3590. The molecule has 0 unspecified atom stereocenters. The lowest BCUT2D eigenvalue weighted by Gasteiger charge is -2.27. The molecule has 0 radical (unpaired) electrons. The lowest BCUT2D eigenvalue weighted by atomic mass is 9.93. The second-order valence-electron chi connectivity index (χ2n) is 16.5. The molecule has 12 rings (SSSR count). The molecule has 2 nitrogen and oxygen atoms in total. The number of para-hydroxylation sites is 2. The highest BCUT2D eigenvalue weighted by molar-refractivity contribution is 6.16. The fourth-order valence-corrected chi connectivity index (χ4v) is 9.71. The highest BCUT2D eigenvalue weighted by Gasteiger charge is 2.19. The molecule has 0 saturated carbocycles. The van der Waals surface area contributed by atoms with Gasteiger partial charge in [-0.2, -0.15) is 0 Å². The molecular formula is C62H42N2. The Kier molecular flexibility index (Phi) is 9.20. The lowest BCUT2D eigenvalue weighted by Crippen LogP contribution is -2.10. The Labute approximate surface area is 373 Å². The Hall–Kier alpha value is -8.46. The first-order chi connectivity index (χ1) is 31.7. The number of nitrogens with zero attached hydrogens (tertiary/aromatic N) is 2. The van der Waals surface area contributed by atoms with E-state index in [0.717, 1.165) is 22.7 Å². The van der Waals surface area contributed by atoms with E-state index in [1.165, 1.54) is 87.9 Å². The van der Waals surface area contributed by atoms with Crippen LogP contribution < -0.4 is 4.90 Å². The fourth-order valence-electron chi connectivity index (χ4n) is 9.71. The normalized spacial score (nSPS) is 11.4. The third kappa shape index (κ3) is 6.61. The molecule has 12 aromatic rings. The zero-order valence-corrected chi connectivity index (χ0v) is 35.1. The predicted molar refractivity (Wildman–Crippen MR) is 272 cm³/mol. The standard InChI is InChI=1S/C62H42N2/c1-4-16-43(17-5-1)49-38-50(44-18-6-2-7-19-44)40-51(39-49)45-32-34-53(35-33-45)63(55-36-37-57-48(42-55)31-30-46-20-10-11-25-56(46)57)54-24-14-21-47(41-54)58-27-15-29-61-62(58)59-26-12-13-28-60(59)64(61)52-22-8-3-9-23-52/h1-42H. The van der Waals surface area contributed by atoms with Gasteiger partial charge in [-0.25, -0.2) is 0 Å². The van der Waals surface area contributed by atoms with E-state index in [4.69, 9.17) is 0 Å². The SMILES string of the molecule is c1ccc(-c2cc(-c3ccccc3)cc(-c3ccc(N(c4cccc(-c5cccc6c5c5ccccc5n6-c5ccccc5)c4)c4ccc5c(ccc6ccccc65)c4)cc3)c2)cc1. The Morgan fingerprint density at radius 2 is 0.781 bits per heavy atom. The van der Waals surface area contributed by atoms with Crippen molar-refractivity contribution in [1.29, 1.82) is 0 Å². The van der Waals surface area contributed by atoms with Crippen molar-refractivity contribution in [3.05, 3.63) is 255 Å². The van der Waals surface area contributed by atoms with E-state index in [1.807, 2.05) is 0 Å². The van der Waals surface area contributed by atoms with Gasteiger partial charge in [-0.05, 0) is 145 Å². The predicted octanol–water partition coefficient (Wildman–Crippen LogP) is 17.2. The quantitative estimate of drug-likeness (QED) is 0.139. The molecule has 0 aliphatic carbocycles. The van der Waals surface area contributed by atoms with Crippen molar-refractivity contribution >= 4 is 60.4 Å². The average molecular weight is 815 g/mol. The molecule has 11 aromatic carbocycles. The topological polar surface area (TPSA) is 8.17 Å². The maximum absolute atomic E-state index is 2.41. The van der Waals surface area contributed by atoms with Crippen LogP contribution in [0.4, 0.5) is 17.1 Å². The third-order valence-electron chi connectivity index (χ3n) is 12.7. The highest BCUT2D eigenvalue weighted by atomic mass is 15.1. The van der Waals surface area contributed by atoms with Gasteiger partial charge in [0.1, 0.15) is 0 Å². The molecular weight excluding hydrogens is 773 g/mol. The van der Waals surface area contributed by atoms with Crippen LogP contribution in [0.1, 0.15) is 0 Å². The van der Waals surface area contributed by atoms with Gasteiger partial charge in [0.2, 0.25) is 0 Å². The van der Waals surface area contributed by atoms with Gasteiger partial charge in [0.15, 0.2) is 0 Å². The van der Waals surface area contributed by atoms with Crippen molar-refractivity contribution < 1.29 is 0 Å². The smallest absolute Gasteiger partial charge is 0.0547 e. The van der Waals surface area contributed by atoms with Crippen LogP contribution in [0.5, 0.6) is 0 Å². The molecule has 0 bridgehead atoms. The van der Waals surface area contributed by atoms with Crippen LogP contribution >= 0.6 is 0 Å². The van der Waals surface area contributed by atoms with Crippen molar-refractivity contribution in [2.45, 2.75) is 0 Å². The molecule has 0 fully saturated rings. The third-order valence-corrected chi connectivity index (χ3v) is 12.7. The van der Waals surface area contributed by atoms with Crippen LogP contribution in [0.3, 0.4) is 0 Å². The highest BCUT2D eigenvalue weighted by Crippen LogP contribution is 2.43. The van der Waals surface area contributed by atoms with Crippen molar-refractivity contribution in [1.82, 2.24) is 4.57 Å². The Morgan fingerprint density at radius 1 is 0.266 bits per heavy atom. The molecule has 0 aliphatic heterocycles. The van der Waals surface area contributed by atoms with E-state index in [0.29, 0.717) is 0 Å². The van der Waals surface area contributed by atoms with Crippen LogP contribution in [-0.4, -0.2) is 4.57 Å². The Balaban J connectivity index is 1.01. The van der Waals surface area contributed by atoms with Gasteiger partial charge in [0.25, 0.3) is 0 Å². The Morgan fingerprint density at radius 3 is 1.50 bits per heavy atom. The summed E-state index contributed by atoms with van der Waals surface area (Å²) in [7, 11) is 0. The first-order valence-corrected chi connectivity index (χ1v) is 22.0. The zero-order valence-electron chi connectivity index (χ0n) is 35.1. The summed E-state index contributed by atoms with van der Waals surface area (Å²) in [5.41, 5.74) is 16.3. The molecule has 2 heteroatoms. The van der Waals surface area contributed by atoms with Crippen LogP contribution in [0.15, 0.2) is 255 Å². The molecule has 0 atom stereocenters. The van der Waals surface area contributed by atoms with Crippen molar-refractivity contribution in [3.8, 4) is 50.2 Å². The first kappa shape index (κ1) is 37.3. The van der Waals surface area contributed by atoms with E-state index in [1.54, 1.807) is 0 Å². The van der Waals surface area contributed by atoms with Gasteiger partial charge in [-0.15, -0.1) is 0 Å². The van der Waals surface area contributed by atoms with E-state index < -0.39 is 0 Å². The minimum atomic E-state index is 1.09. The van der Waals surface area contributed by atoms with Crippen LogP contribution in [-0.2, 0) is 0 Å². The molecule has 0 spiro atoms. The minimum Gasteiger partial charge on any atom is -0.310 e. The summed E-state index contributed by atoms with van der Waals surface area (Å²) in [6.45, 7) is 0. The molecule has 0 amide bonds. The van der Waals surface area contributed by atoms with Gasteiger partial charge < -0.3 is 9.47 Å². The van der Waals surface area contributed by atoms with Crippen LogP contribution in [0, 0.1) is 0 Å². The number of hydrogen-bond donors (Lipinski definition) is 0. The van der Waals surface area contributed by atoms with E-state index in [-0.39, 0.29) is 0 Å². The van der Waals surface area contributed by atoms with Gasteiger partial charge in [-0.1, -0.05) is 176 Å². The molecule has 0 aliphatic rings. The summed E-state index contributed by atoms with van der Waals surface area (Å²) in [6.07, 6.45) is 0. The summed E-state index contributed by atoms with van der Waals surface area (Å²) in [5, 5.41) is 7.46. The van der Waals surface area contributed by atoms with Crippen molar-refractivity contribution in [3.63, 3.8) is 0 Å². The summed E-state index contributed by atoms with van der Waals surface area (Å²) >= 11 is 0. The minimum absolute atomic E-state index is 1.09. The molecule has 300 valence electrons. The molecule has 64 heavy (non-hydrogen) atoms. The van der Waals surface area contributed by atoms with Crippen LogP contribution in [0.25, 0.3) is 93.5 Å². The summed E-state index contributed by atoms with van der Waals surface area (Å²) in [4.78, 5) is 2.41. The second-order valence-corrected chi connectivity index (χ2v) is 16.5. The first-order valence-electron chi connectivity index (χ1n) is 22.0. The van der Waals surface area contributed by atoms with Crippen molar-refractivity contribution in [2.24, 2.45) is 0 Å². The van der Waals surface area contributed by atoms with Crippen LogP contribution in [0.2, 0.25) is 0 Å². The van der Waals surface area contributed by atoms with E-state index in [9.17, 15) is 0 Å². The lowest BCUT2D eigenvalue weighted by molar-refractivity contribution is 1.18. The monoisotopic (exact) mass is 814 g/mol. The number of aromatic nitrogens is 1. The number of hydrogen-bond acceptors (Lipinski definition) is 1. The number of benzene rings is 11. The average Bonchev–Trinajstić information content (AvgIpc) is 3.72. The van der Waals surface area contributed by atoms with Gasteiger partial charge in [-0.3, -0.25) is 0 Å². The summed E-state index contributed by atoms with van der Waals surface area (Å²) in [5.74, 6) is 0. The van der Waals surface area contributed by atoms with Crippen molar-refractivity contribution in [2.75, 3.05) is 4.90 Å². The van der Waals surface area contributed by atoms with E-state index in [2.05, 4.69) is 264 Å². The fraction of sp³-hybridized carbons (Fsp3) is 0. The molecule has 1 heterocycles. The molecule has 0 N–H and O–H groups in total. The second kappa shape index (κ2) is 15.8. The molecule has 0 saturated heterocycles. The van der Waals surface area contributed by atoms with Gasteiger partial charge in [0.05, 0.1) is 11.0 Å². The summed E-state index contributed by atoms with van der Waals surface area (Å²) < 4.78 is 2.39. The maximum Gasteiger partial charge on any atom is 0.0547 e. The molecule has 1 aromatic heterocycles. The summed E-state index contributed by atoms with van der Waals surface area (Å²) in [6, 6.07) is 92.7. The van der Waals surface area contributed by atoms with Gasteiger partial charge in [0, 0.05) is 33.5 Å².